The van der Waals surface area contributed by atoms with Gasteiger partial charge in [0.1, 0.15) is 0 Å². The largest absolute Gasteiger partial charge is 0.478 e. The van der Waals surface area contributed by atoms with Crippen LogP contribution in [0.1, 0.15) is 26.7 Å². The molecule has 1 saturated carbocycles. The third-order valence-electron chi connectivity index (χ3n) is 2.00. The highest BCUT2D eigenvalue weighted by molar-refractivity contribution is 5.80. The predicted octanol–water partition coefficient (Wildman–Crippen LogP) is 1.05. The van der Waals surface area contributed by atoms with E-state index in [9.17, 15) is 9.59 Å². The van der Waals surface area contributed by atoms with Gasteiger partial charge >= 0.3 is 11.9 Å². The molecule has 0 aromatic carbocycles. The fourth-order valence-electron chi connectivity index (χ4n) is 1.01. The summed E-state index contributed by atoms with van der Waals surface area (Å²) in [6, 6.07) is 0. The number of hydrogen-bond donors (Lipinski definition) is 1. The predicted molar refractivity (Wildman–Crippen MR) is 45.1 cm³/mol. The number of carboxylic acid groups (broad SMARTS) is 1. The van der Waals surface area contributed by atoms with Gasteiger partial charge in [0.05, 0.1) is 5.92 Å². The minimum atomic E-state index is -1.07. The topological polar surface area (TPSA) is 63.6 Å². The first-order valence-corrected chi connectivity index (χ1v) is 4.45. The smallest absolute Gasteiger partial charge is 0.345 e. The minimum absolute atomic E-state index is 0.0411. The van der Waals surface area contributed by atoms with E-state index < -0.39 is 12.1 Å². The maximum Gasteiger partial charge on any atom is 0.345 e. The number of carbonyl (C=O) groups is 2. The van der Waals surface area contributed by atoms with Gasteiger partial charge in [0.15, 0.2) is 0 Å². The van der Waals surface area contributed by atoms with E-state index >= 15 is 0 Å². The molecule has 0 aromatic heterocycles. The van der Waals surface area contributed by atoms with Crippen LogP contribution >= 0.6 is 0 Å². The van der Waals surface area contributed by atoms with Gasteiger partial charge in [-0.05, 0) is 12.8 Å². The molecule has 0 saturated heterocycles. The van der Waals surface area contributed by atoms with Crippen molar-refractivity contribution >= 4 is 11.9 Å². The van der Waals surface area contributed by atoms with Crippen LogP contribution in [0.2, 0.25) is 0 Å². The normalized spacial score (nSPS) is 18.4. The Hall–Kier alpha value is -1.06. The summed E-state index contributed by atoms with van der Waals surface area (Å²) < 4.78 is 4.86. The molecule has 0 amide bonds. The third kappa shape index (κ3) is 2.72. The SMILES string of the molecule is CC(C)C(OC(=O)C1CC1)C(=O)O. The quantitative estimate of drug-likeness (QED) is 0.666. The van der Waals surface area contributed by atoms with Crippen LogP contribution in [0.25, 0.3) is 0 Å². The second kappa shape index (κ2) is 3.77. The molecule has 74 valence electrons. The van der Waals surface area contributed by atoms with E-state index in [2.05, 4.69) is 0 Å². The van der Waals surface area contributed by atoms with Gasteiger partial charge in [0.25, 0.3) is 0 Å². The summed E-state index contributed by atoms with van der Waals surface area (Å²) in [4.78, 5) is 21.8. The first-order valence-electron chi connectivity index (χ1n) is 4.45. The van der Waals surface area contributed by atoms with E-state index in [1.165, 1.54) is 0 Å². The van der Waals surface area contributed by atoms with Gasteiger partial charge in [0, 0.05) is 5.92 Å². The summed E-state index contributed by atoms with van der Waals surface area (Å²) in [6.45, 7) is 3.44. The van der Waals surface area contributed by atoms with Gasteiger partial charge in [0.2, 0.25) is 6.10 Å². The van der Waals surface area contributed by atoms with Crippen molar-refractivity contribution in [2.75, 3.05) is 0 Å². The number of carboxylic acids is 1. The van der Waals surface area contributed by atoms with Crippen LogP contribution in [0, 0.1) is 11.8 Å². The molecule has 1 N–H and O–H groups in total. The molecule has 4 nitrogen and oxygen atoms in total. The van der Waals surface area contributed by atoms with Gasteiger partial charge in [-0.1, -0.05) is 13.8 Å². The molecule has 1 fully saturated rings. The lowest BCUT2D eigenvalue weighted by Crippen LogP contribution is -2.32. The first-order chi connectivity index (χ1) is 6.02. The number of carbonyl (C=O) groups excluding carboxylic acids is 1. The van der Waals surface area contributed by atoms with Crippen molar-refractivity contribution in [3.63, 3.8) is 0 Å². The van der Waals surface area contributed by atoms with Gasteiger partial charge in [-0.25, -0.2) is 4.79 Å². The van der Waals surface area contributed by atoms with Crippen molar-refractivity contribution in [3.05, 3.63) is 0 Å². The van der Waals surface area contributed by atoms with Crippen molar-refractivity contribution < 1.29 is 19.4 Å². The van der Waals surface area contributed by atoms with Crippen molar-refractivity contribution in [2.45, 2.75) is 32.8 Å². The highest BCUT2D eigenvalue weighted by Gasteiger charge is 2.35. The summed E-state index contributed by atoms with van der Waals surface area (Å²) in [5.41, 5.74) is 0. The lowest BCUT2D eigenvalue weighted by Gasteiger charge is -2.16. The van der Waals surface area contributed by atoms with Gasteiger partial charge < -0.3 is 9.84 Å². The molecule has 1 atom stereocenters. The highest BCUT2D eigenvalue weighted by Crippen LogP contribution is 2.31. The average Bonchev–Trinajstić information content (AvgIpc) is 2.80. The van der Waals surface area contributed by atoms with E-state index in [-0.39, 0.29) is 17.8 Å². The molecule has 1 unspecified atom stereocenters. The van der Waals surface area contributed by atoms with E-state index in [1.54, 1.807) is 13.8 Å². The Labute approximate surface area is 76.9 Å². The summed E-state index contributed by atoms with van der Waals surface area (Å²) in [6.07, 6.45) is 0.681. The number of esters is 1. The van der Waals surface area contributed by atoms with Crippen LogP contribution in [0.15, 0.2) is 0 Å². The Morgan fingerprint density at radius 1 is 1.38 bits per heavy atom. The zero-order valence-electron chi connectivity index (χ0n) is 7.82. The van der Waals surface area contributed by atoms with Crippen molar-refractivity contribution in [2.24, 2.45) is 11.8 Å². The molecule has 0 aromatic rings. The Bertz CT molecular complexity index is 218. The van der Waals surface area contributed by atoms with Crippen LogP contribution in [0.5, 0.6) is 0 Å². The van der Waals surface area contributed by atoms with Crippen LogP contribution < -0.4 is 0 Å². The number of rotatable bonds is 4. The molecular formula is C9H14O4. The van der Waals surface area contributed by atoms with Crippen molar-refractivity contribution in [1.29, 1.82) is 0 Å². The summed E-state index contributed by atoms with van der Waals surface area (Å²) in [7, 11) is 0. The van der Waals surface area contributed by atoms with Crippen LogP contribution in [-0.4, -0.2) is 23.1 Å². The number of ether oxygens (including phenoxy) is 1. The summed E-state index contributed by atoms with van der Waals surface area (Å²) >= 11 is 0. The molecule has 1 rings (SSSR count). The molecule has 4 heteroatoms. The fourth-order valence-corrected chi connectivity index (χ4v) is 1.01. The third-order valence-corrected chi connectivity index (χ3v) is 2.00. The van der Waals surface area contributed by atoms with Crippen molar-refractivity contribution in [1.82, 2.24) is 0 Å². The van der Waals surface area contributed by atoms with E-state index in [4.69, 9.17) is 9.84 Å². The molecule has 0 spiro atoms. The Balaban J connectivity index is 2.46. The lowest BCUT2D eigenvalue weighted by atomic mass is 10.1. The van der Waals surface area contributed by atoms with Gasteiger partial charge in [-0.2, -0.15) is 0 Å². The number of aliphatic carboxylic acids is 1. The average molecular weight is 186 g/mol. The minimum Gasteiger partial charge on any atom is -0.478 e. The first kappa shape index (κ1) is 10.0. The maximum atomic E-state index is 11.1. The molecule has 0 bridgehead atoms. The van der Waals surface area contributed by atoms with E-state index in [0.717, 1.165) is 12.8 Å². The number of hydrogen-bond acceptors (Lipinski definition) is 3. The summed E-state index contributed by atoms with van der Waals surface area (Å²) in [5.74, 6) is -1.65. The van der Waals surface area contributed by atoms with Crippen LogP contribution in [0.3, 0.4) is 0 Å². The van der Waals surface area contributed by atoms with Crippen molar-refractivity contribution in [3.8, 4) is 0 Å². The Morgan fingerprint density at radius 2 is 1.92 bits per heavy atom. The Morgan fingerprint density at radius 3 is 2.23 bits per heavy atom. The zero-order valence-corrected chi connectivity index (χ0v) is 7.82. The highest BCUT2D eigenvalue weighted by atomic mass is 16.6. The molecule has 13 heavy (non-hydrogen) atoms. The fraction of sp³-hybridized carbons (Fsp3) is 0.778. The van der Waals surface area contributed by atoms with Gasteiger partial charge in [-0.15, -0.1) is 0 Å². The van der Waals surface area contributed by atoms with E-state index in [1.807, 2.05) is 0 Å². The standard InChI is InChI=1S/C9H14O4/c1-5(2)7(8(10)11)13-9(12)6-3-4-6/h5-7H,3-4H2,1-2H3,(H,10,11). The zero-order chi connectivity index (χ0) is 10.0. The maximum absolute atomic E-state index is 11.1. The molecular weight excluding hydrogens is 172 g/mol. The van der Waals surface area contributed by atoms with Gasteiger partial charge in [-0.3, -0.25) is 4.79 Å². The molecule has 1 aliphatic rings. The second-order valence-corrected chi connectivity index (χ2v) is 3.71. The molecule has 0 heterocycles. The Kier molecular flexibility index (Phi) is 2.90. The monoisotopic (exact) mass is 186 g/mol. The molecule has 0 aliphatic heterocycles. The molecule has 0 radical (unpaired) electrons. The molecule has 1 aliphatic carbocycles. The second-order valence-electron chi connectivity index (χ2n) is 3.71. The lowest BCUT2D eigenvalue weighted by molar-refractivity contribution is -0.168. The van der Waals surface area contributed by atoms with Crippen LogP contribution in [-0.2, 0) is 14.3 Å². The van der Waals surface area contributed by atoms with E-state index in [0.29, 0.717) is 0 Å². The summed E-state index contributed by atoms with van der Waals surface area (Å²) in [5, 5.41) is 8.72. The van der Waals surface area contributed by atoms with Crippen LogP contribution in [0.4, 0.5) is 0 Å².